The van der Waals surface area contributed by atoms with E-state index in [2.05, 4.69) is 20.2 Å². The lowest BCUT2D eigenvalue weighted by Gasteiger charge is -1.97. The molecule has 0 spiro atoms. The summed E-state index contributed by atoms with van der Waals surface area (Å²) in [5, 5.41) is 18.7. The number of hydrogen-bond acceptors (Lipinski definition) is 7. The average molecular weight is 413 g/mol. The molecule has 8 heteroatoms. The van der Waals surface area contributed by atoms with Crippen molar-refractivity contribution >= 4 is 38.7 Å². The molecule has 0 saturated heterocycles. The zero-order valence-corrected chi connectivity index (χ0v) is 16.7. The van der Waals surface area contributed by atoms with E-state index in [9.17, 15) is 9.50 Å². The maximum absolute atomic E-state index is 13.1. The smallest absolute Gasteiger partial charge is 0.185 e. The van der Waals surface area contributed by atoms with Crippen LogP contribution in [0.5, 0.6) is 0 Å². The summed E-state index contributed by atoms with van der Waals surface area (Å²) in [7, 11) is 0. The Labute approximate surface area is 169 Å². The van der Waals surface area contributed by atoms with Gasteiger partial charge in [-0.1, -0.05) is 12.1 Å². The number of aliphatic hydroxyl groups is 1. The Morgan fingerprint density at radius 3 is 2.64 bits per heavy atom. The molecule has 0 bridgehead atoms. The van der Waals surface area contributed by atoms with Crippen LogP contribution in [0.15, 0.2) is 53.0 Å². The second-order valence-corrected chi connectivity index (χ2v) is 8.65. The molecule has 142 valence electrons. The Morgan fingerprint density at radius 1 is 1.07 bits per heavy atom. The number of fused-ring (bicyclic) bond motifs is 1. The van der Waals surface area contributed by atoms with Gasteiger partial charge < -0.3 is 5.11 Å². The number of hydrogen-bond donors (Lipinski definition) is 1. The van der Waals surface area contributed by atoms with Crippen molar-refractivity contribution in [2.75, 3.05) is 0 Å². The van der Waals surface area contributed by atoms with Crippen molar-refractivity contribution in [3.63, 3.8) is 0 Å². The summed E-state index contributed by atoms with van der Waals surface area (Å²) in [5.74, 6) is 0.309. The highest BCUT2D eigenvalue weighted by Gasteiger charge is 2.10. The first-order chi connectivity index (χ1) is 13.6. The first-order valence-electron chi connectivity index (χ1n) is 8.67. The standard InChI is InChI=1S/C20H17FN4OS2/c1-12-6-16(10-26)27-18(12)9-24-25-19-17-8-15(28-20(17)23-11-22-19)7-13-2-4-14(21)5-3-13/h2-6,8,11,26H,7,9-10H2,1H3. The molecule has 0 amide bonds. The van der Waals surface area contributed by atoms with Gasteiger partial charge in [0.05, 0.1) is 18.5 Å². The van der Waals surface area contributed by atoms with E-state index in [-0.39, 0.29) is 12.4 Å². The third-order valence-corrected chi connectivity index (χ3v) is 6.51. The van der Waals surface area contributed by atoms with Crippen LogP contribution in [-0.2, 0) is 19.6 Å². The maximum atomic E-state index is 13.1. The van der Waals surface area contributed by atoms with E-state index in [4.69, 9.17) is 0 Å². The molecule has 3 aromatic heterocycles. The third-order valence-electron chi connectivity index (χ3n) is 4.26. The monoisotopic (exact) mass is 412 g/mol. The molecular formula is C20H17FN4OS2. The average Bonchev–Trinajstić information content (AvgIpc) is 3.27. The maximum Gasteiger partial charge on any atom is 0.185 e. The largest absolute Gasteiger partial charge is 0.391 e. The Balaban J connectivity index is 1.54. The van der Waals surface area contributed by atoms with Crippen molar-refractivity contribution in [3.05, 3.63) is 74.3 Å². The quantitative estimate of drug-likeness (QED) is 0.421. The molecule has 0 aliphatic heterocycles. The SMILES string of the molecule is Cc1cc(CO)sc1CN=Nc1ncnc2sc(Cc3ccc(F)cc3)cc12. The molecule has 3 heterocycles. The normalized spacial score (nSPS) is 11.7. The summed E-state index contributed by atoms with van der Waals surface area (Å²) in [4.78, 5) is 12.6. The minimum absolute atomic E-state index is 0.0426. The zero-order valence-electron chi connectivity index (χ0n) is 15.1. The molecule has 0 aliphatic rings. The number of rotatable bonds is 6. The molecule has 0 atom stereocenters. The third kappa shape index (κ3) is 4.14. The fourth-order valence-electron chi connectivity index (χ4n) is 2.85. The minimum Gasteiger partial charge on any atom is -0.391 e. The first kappa shape index (κ1) is 18.8. The number of nitrogens with zero attached hydrogens (tertiary/aromatic N) is 4. The highest BCUT2D eigenvalue weighted by molar-refractivity contribution is 7.18. The topological polar surface area (TPSA) is 70.7 Å². The predicted octanol–water partition coefficient (Wildman–Crippen LogP) is 5.57. The van der Waals surface area contributed by atoms with E-state index in [0.29, 0.717) is 18.8 Å². The van der Waals surface area contributed by atoms with Crippen molar-refractivity contribution in [1.82, 2.24) is 9.97 Å². The van der Waals surface area contributed by atoms with Gasteiger partial charge in [-0.2, -0.15) is 5.11 Å². The highest BCUT2D eigenvalue weighted by atomic mass is 32.1. The minimum atomic E-state index is -0.235. The molecule has 4 aromatic rings. The molecule has 4 rings (SSSR count). The van der Waals surface area contributed by atoms with Gasteiger partial charge in [0.1, 0.15) is 17.0 Å². The van der Waals surface area contributed by atoms with Crippen LogP contribution < -0.4 is 0 Å². The number of halogens is 1. The predicted molar refractivity (Wildman–Crippen MR) is 110 cm³/mol. The van der Waals surface area contributed by atoms with Gasteiger partial charge in [0, 0.05) is 21.1 Å². The van der Waals surface area contributed by atoms with Crippen LogP contribution in [0.25, 0.3) is 10.2 Å². The zero-order chi connectivity index (χ0) is 19.5. The number of azo groups is 1. The fourth-order valence-corrected chi connectivity index (χ4v) is 4.84. The molecule has 0 radical (unpaired) electrons. The molecule has 0 aliphatic carbocycles. The van der Waals surface area contributed by atoms with Gasteiger partial charge in [-0.3, -0.25) is 0 Å². The van der Waals surface area contributed by atoms with Crippen molar-refractivity contribution in [1.29, 1.82) is 0 Å². The van der Waals surface area contributed by atoms with Gasteiger partial charge >= 0.3 is 0 Å². The van der Waals surface area contributed by atoms with Crippen LogP contribution in [0, 0.1) is 12.7 Å². The van der Waals surface area contributed by atoms with Crippen LogP contribution in [-0.4, -0.2) is 15.1 Å². The Kier molecular flexibility index (Phi) is 5.52. The van der Waals surface area contributed by atoms with Crippen LogP contribution in [0.2, 0.25) is 0 Å². The van der Waals surface area contributed by atoms with Gasteiger partial charge in [0.2, 0.25) is 0 Å². The van der Waals surface area contributed by atoms with E-state index >= 15 is 0 Å². The van der Waals surface area contributed by atoms with Crippen molar-refractivity contribution < 1.29 is 9.50 Å². The van der Waals surface area contributed by atoms with Gasteiger partial charge in [0.25, 0.3) is 0 Å². The van der Waals surface area contributed by atoms with Crippen molar-refractivity contribution in [2.45, 2.75) is 26.5 Å². The van der Waals surface area contributed by atoms with Gasteiger partial charge in [-0.15, -0.1) is 27.8 Å². The van der Waals surface area contributed by atoms with Gasteiger partial charge in [0.15, 0.2) is 5.82 Å². The van der Waals surface area contributed by atoms with Crippen LogP contribution >= 0.6 is 22.7 Å². The number of aliphatic hydroxyl groups excluding tert-OH is 1. The van der Waals surface area contributed by atoms with Crippen molar-refractivity contribution in [3.8, 4) is 0 Å². The van der Waals surface area contributed by atoms with Crippen LogP contribution in [0.4, 0.5) is 10.2 Å². The van der Waals surface area contributed by atoms with E-state index in [1.165, 1.54) is 18.5 Å². The summed E-state index contributed by atoms with van der Waals surface area (Å²) >= 11 is 3.12. The second kappa shape index (κ2) is 8.22. The summed E-state index contributed by atoms with van der Waals surface area (Å²) < 4.78 is 13.1. The lowest BCUT2D eigenvalue weighted by atomic mass is 10.1. The Hall–Kier alpha value is -2.55. The Morgan fingerprint density at radius 2 is 1.89 bits per heavy atom. The molecule has 28 heavy (non-hydrogen) atoms. The van der Waals surface area contributed by atoms with Gasteiger partial charge in [-0.05, 0) is 42.3 Å². The lowest BCUT2D eigenvalue weighted by molar-refractivity contribution is 0.285. The molecule has 0 unspecified atom stereocenters. The molecule has 0 fully saturated rings. The number of benzene rings is 1. The van der Waals surface area contributed by atoms with E-state index in [1.54, 1.807) is 34.8 Å². The van der Waals surface area contributed by atoms with E-state index < -0.39 is 0 Å². The summed E-state index contributed by atoms with van der Waals surface area (Å²) in [6, 6.07) is 10.5. The molecular weight excluding hydrogens is 395 g/mol. The number of aryl methyl sites for hydroxylation is 1. The second-order valence-electron chi connectivity index (χ2n) is 6.31. The highest BCUT2D eigenvalue weighted by Crippen LogP contribution is 2.31. The number of thiophene rings is 2. The van der Waals surface area contributed by atoms with Crippen LogP contribution in [0.1, 0.15) is 25.8 Å². The number of aromatic nitrogens is 2. The van der Waals surface area contributed by atoms with Crippen molar-refractivity contribution in [2.24, 2.45) is 10.2 Å². The lowest BCUT2D eigenvalue weighted by Crippen LogP contribution is -1.84. The van der Waals surface area contributed by atoms with E-state index in [0.717, 1.165) is 36.0 Å². The summed E-state index contributed by atoms with van der Waals surface area (Å²) in [6.07, 6.45) is 2.20. The molecule has 0 saturated carbocycles. The molecule has 1 N–H and O–H groups in total. The first-order valence-corrected chi connectivity index (χ1v) is 10.3. The fraction of sp³-hybridized carbons (Fsp3) is 0.200. The molecule has 1 aromatic carbocycles. The van der Waals surface area contributed by atoms with Gasteiger partial charge in [-0.25, -0.2) is 14.4 Å². The summed E-state index contributed by atoms with van der Waals surface area (Å²) in [5.41, 5.74) is 2.15. The van der Waals surface area contributed by atoms with Crippen LogP contribution in [0.3, 0.4) is 0 Å². The summed E-state index contributed by atoms with van der Waals surface area (Å²) in [6.45, 7) is 2.50. The Bertz CT molecular complexity index is 1140. The molecule has 5 nitrogen and oxygen atoms in total. The van der Waals surface area contributed by atoms with E-state index in [1.807, 2.05) is 19.1 Å².